The Morgan fingerprint density at radius 1 is 1.55 bits per heavy atom. The third-order valence-corrected chi connectivity index (χ3v) is 2.13. The number of hydrogen-bond donors (Lipinski definition) is 1. The lowest BCUT2D eigenvalue weighted by atomic mass is 10.1. The van der Waals surface area contributed by atoms with E-state index in [-0.39, 0.29) is 6.10 Å². The van der Waals surface area contributed by atoms with Gasteiger partial charge in [-0.25, -0.2) is 0 Å². The highest BCUT2D eigenvalue weighted by Crippen LogP contribution is 2.14. The number of β-amino-alcohol motifs (C(OH)–C–C–N with tert-alkyl or cyclic N) is 1. The zero-order valence-corrected chi connectivity index (χ0v) is 7.17. The first kappa shape index (κ1) is 8.58. The maximum atomic E-state index is 9.38. The molecule has 2 atom stereocenters. The first-order valence-corrected chi connectivity index (χ1v) is 4.04. The van der Waals surface area contributed by atoms with Crippen LogP contribution in [0.2, 0.25) is 0 Å². The van der Waals surface area contributed by atoms with Gasteiger partial charge in [0.05, 0.1) is 12.6 Å². The molecule has 0 radical (unpaired) electrons. The van der Waals surface area contributed by atoms with E-state index in [0.29, 0.717) is 5.92 Å². The average molecular weight is 153 g/mol. The maximum Gasteiger partial charge on any atom is 0.0705 e. The van der Waals surface area contributed by atoms with Gasteiger partial charge in [0.25, 0.3) is 0 Å². The van der Waals surface area contributed by atoms with Crippen LogP contribution in [0, 0.1) is 17.8 Å². The second kappa shape index (κ2) is 3.75. The maximum absolute atomic E-state index is 9.38. The largest absolute Gasteiger partial charge is 0.391 e. The van der Waals surface area contributed by atoms with Crippen molar-refractivity contribution >= 4 is 0 Å². The van der Waals surface area contributed by atoms with E-state index in [1.54, 1.807) is 0 Å². The van der Waals surface area contributed by atoms with Gasteiger partial charge in [0.2, 0.25) is 0 Å². The smallest absolute Gasteiger partial charge is 0.0705 e. The van der Waals surface area contributed by atoms with Crippen LogP contribution in [0.25, 0.3) is 0 Å². The number of likely N-dealkylation sites (tertiary alicyclic amines) is 1. The van der Waals surface area contributed by atoms with Gasteiger partial charge in [-0.15, -0.1) is 5.92 Å². The van der Waals surface area contributed by atoms with Gasteiger partial charge in [-0.05, 0) is 12.8 Å². The molecule has 1 N–H and O–H groups in total. The molecular weight excluding hydrogens is 138 g/mol. The van der Waals surface area contributed by atoms with Crippen LogP contribution in [0.15, 0.2) is 0 Å². The van der Waals surface area contributed by atoms with E-state index < -0.39 is 0 Å². The van der Waals surface area contributed by atoms with Crippen molar-refractivity contribution in [2.24, 2.45) is 5.92 Å². The monoisotopic (exact) mass is 153 g/mol. The number of rotatable bonds is 1. The second-order valence-electron chi connectivity index (χ2n) is 3.17. The Morgan fingerprint density at radius 2 is 2.27 bits per heavy atom. The minimum Gasteiger partial charge on any atom is -0.391 e. The zero-order valence-electron chi connectivity index (χ0n) is 7.17. The predicted molar refractivity (Wildman–Crippen MR) is 45.1 cm³/mol. The van der Waals surface area contributed by atoms with Crippen molar-refractivity contribution in [3.63, 3.8) is 0 Å². The summed E-state index contributed by atoms with van der Waals surface area (Å²) in [6.45, 7) is 6.49. The van der Waals surface area contributed by atoms with Gasteiger partial charge in [-0.3, -0.25) is 4.90 Å². The predicted octanol–water partition coefficient (Wildman–Crippen LogP) is 0.322. The van der Waals surface area contributed by atoms with E-state index in [1.807, 2.05) is 6.92 Å². The van der Waals surface area contributed by atoms with Crippen molar-refractivity contribution in [3.05, 3.63) is 0 Å². The quantitative estimate of drug-likeness (QED) is 0.548. The van der Waals surface area contributed by atoms with Crippen LogP contribution >= 0.6 is 0 Å². The number of aliphatic hydroxyl groups is 1. The molecule has 2 heteroatoms. The molecule has 0 aromatic rings. The van der Waals surface area contributed by atoms with Crippen LogP contribution < -0.4 is 0 Å². The molecule has 2 unspecified atom stereocenters. The molecule has 0 bridgehead atoms. The van der Waals surface area contributed by atoms with Gasteiger partial charge < -0.3 is 5.11 Å². The molecular formula is C9H15NO. The van der Waals surface area contributed by atoms with Gasteiger partial charge in [0, 0.05) is 13.1 Å². The molecule has 62 valence electrons. The van der Waals surface area contributed by atoms with Crippen molar-refractivity contribution in [1.82, 2.24) is 4.90 Å². The van der Waals surface area contributed by atoms with Crippen LogP contribution in [0.4, 0.5) is 0 Å². The third kappa shape index (κ3) is 2.21. The van der Waals surface area contributed by atoms with Crippen LogP contribution in [0.5, 0.6) is 0 Å². The van der Waals surface area contributed by atoms with Crippen molar-refractivity contribution < 1.29 is 5.11 Å². The zero-order chi connectivity index (χ0) is 8.27. The Hall–Kier alpha value is -0.520. The normalized spacial score (nSPS) is 31.5. The first-order chi connectivity index (χ1) is 5.24. The van der Waals surface area contributed by atoms with E-state index in [2.05, 4.69) is 23.7 Å². The van der Waals surface area contributed by atoms with E-state index in [1.165, 1.54) is 0 Å². The molecule has 11 heavy (non-hydrogen) atoms. The lowest BCUT2D eigenvalue weighted by Gasteiger charge is -2.09. The van der Waals surface area contributed by atoms with Gasteiger partial charge in [-0.1, -0.05) is 12.8 Å². The fraction of sp³-hybridized carbons (Fsp3) is 0.778. The minimum absolute atomic E-state index is 0.145. The van der Waals surface area contributed by atoms with Gasteiger partial charge in [-0.2, -0.15) is 0 Å². The summed E-state index contributed by atoms with van der Waals surface area (Å²) < 4.78 is 0. The Balaban J connectivity index is 2.33. The molecule has 1 rings (SSSR count). The molecule has 0 aromatic carbocycles. The minimum atomic E-state index is -0.145. The van der Waals surface area contributed by atoms with Gasteiger partial charge >= 0.3 is 0 Å². The second-order valence-corrected chi connectivity index (χ2v) is 3.17. The van der Waals surface area contributed by atoms with Crippen molar-refractivity contribution in [2.45, 2.75) is 20.0 Å². The number of aliphatic hydroxyl groups excluding tert-OH is 1. The Labute approximate surface area is 68.2 Å². The molecule has 1 saturated heterocycles. The van der Waals surface area contributed by atoms with E-state index in [9.17, 15) is 5.11 Å². The third-order valence-electron chi connectivity index (χ3n) is 2.13. The van der Waals surface area contributed by atoms with Crippen LogP contribution in [-0.2, 0) is 0 Å². The standard InChI is InChI=1S/C9H15NO/c1-3-4-5-10-6-8(2)9(11)7-10/h8-9,11H,5-7H2,1-2H3. The van der Waals surface area contributed by atoms with Crippen LogP contribution in [-0.4, -0.2) is 35.7 Å². The molecule has 1 aliphatic rings. The van der Waals surface area contributed by atoms with Gasteiger partial charge in [0.15, 0.2) is 0 Å². The van der Waals surface area contributed by atoms with Crippen molar-refractivity contribution in [3.8, 4) is 11.8 Å². The summed E-state index contributed by atoms with van der Waals surface area (Å²) >= 11 is 0. The van der Waals surface area contributed by atoms with Crippen LogP contribution in [0.3, 0.4) is 0 Å². The van der Waals surface area contributed by atoms with Crippen molar-refractivity contribution in [1.29, 1.82) is 0 Å². The van der Waals surface area contributed by atoms with E-state index >= 15 is 0 Å². The first-order valence-electron chi connectivity index (χ1n) is 4.04. The average Bonchev–Trinajstić information content (AvgIpc) is 2.28. The molecule has 0 aliphatic carbocycles. The van der Waals surface area contributed by atoms with Crippen LogP contribution in [0.1, 0.15) is 13.8 Å². The number of nitrogens with zero attached hydrogens (tertiary/aromatic N) is 1. The Morgan fingerprint density at radius 3 is 2.73 bits per heavy atom. The molecule has 1 fully saturated rings. The molecule has 1 aliphatic heterocycles. The highest BCUT2D eigenvalue weighted by Gasteiger charge is 2.26. The molecule has 0 spiro atoms. The summed E-state index contributed by atoms with van der Waals surface area (Å²) in [5, 5.41) is 9.38. The Kier molecular flexibility index (Phi) is 2.92. The fourth-order valence-corrected chi connectivity index (χ4v) is 1.37. The molecule has 0 aromatic heterocycles. The molecule has 0 amide bonds. The number of hydrogen-bond acceptors (Lipinski definition) is 2. The lowest BCUT2D eigenvalue weighted by Crippen LogP contribution is -2.22. The summed E-state index contributed by atoms with van der Waals surface area (Å²) in [4.78, 5) is 2.19. The van der Waals surface area contributed by atoms with E-state index in [4.69, 9.17) is 0 Å². The molecule has 0 saturated carbocycles. The topological polar surface area (TPSA) is 23.5 Å². The highest BCUT2D eigenvalue weighted by molar-refractivity contribution is 4.99. The lowest BCUT2D eigenvalue weighted by molar-refractivity contribution is 0.150. The molecule has 1 heterocycles. The summed E-state index contributed by atoms with van der Waals surface area (Å²) in [7, 11) is 0. The highest BCUT2D eigenvalue weighted by atomic mass is 16.3. The SMILES string of the molecule is CC#CCN1CC(C)C(O)C1. The summed E-state index contributed by atoms with van der Waals surface area (Å²) in [5.41, 5.74) is 0. The fourth-order valence-electron chi connectivity index (χ4n) is 1.37. The summed E-state index contributed by atoms with van der Waals surface area (Å²) in [6, 6.07) is 0. The molecule has 2 nitrogen and oxygen atoms in total. The summed E-state index contributed by atoms with van der Waals surface area (Å²) in [6.07, 6.45) is -0.145. The van der Waals surface area contributed by atoms with Gasteiger partial charge in [0.1, 0.15) is 0 Å². The van der Waals surface area contributed by atoms with E-state index in [0.717, 1.165) is 19.6 Å². The van der Waals surface area contributed by atoms with Crippen molar-refractivity contribution in [2.75, 3.05) is 19.6 Å². The Bertz CT molecular complexity index is 170. The summed E-state index contributed by atoms with van der Waals surface area (Å²) in [5.74, 6) is 6.26.